The first-order valence-corrected chi connectivity index (χ1v) is 8.40. The van der Waals surface area contributed by atoms with E-state index >= 15 is 0 Å². The molecule has 1 amide bonds. The Kier molecular flexibility index (Phi) is 5.58. The van der Waals surface area contributed by atoms with Crippen molar-refractivity contribution in [3.63, 3.8) is 0 Å². The quantitative estimate of drug-likeness (QED) is 0.816. The molecule has 0 aromatic heterocycles. The number of carboxylic acids is 1. The smallest absolute Gasteiger partial charge is 0.326 e. The van der Waals surface area contributed by atoms with E-state index in [0.29, 0.717) is 18.7 Å². The molecule has 0 bridgehead atoms. The molecule has 6 heteroatoms. The SMILES string of the molecule is CC(CS)C(=O)N1CC(Sc2ccccc2)C[C@H]1C(=O)O. The third kappa shape index (κ3) is 3.95. The number of rotatable bonds is 5. The minimum atomic E-state index is -0.925. The number of nitrogens with zero attached hydrogens (tertiary/aromatic N) is 1. The van der Waals surface area contributed by atoms with Crippen LogP contribution < -0.4 is 0 Å². The molecule has 1 aromatic carbocycles. The van der Waals surface area contributed by atoms with E-state index in [1.807, 2.05) is 30.3 Å². The summed E-state index contributed by atoms with van der Waals surface area (Å²) in [6.45, 7) is 2.26. The van der Waals surface area contributed by atoms with Gasteiger partial charge in [-0.05, 0) is 18.6 Å². The molecule has 1 aliphatic heterocycles. The largest absolute Gasteiger partial charge is 0.480 e. The van der Waals surface area contributed by atoms with Gasteiger partial charge in [0.15, 0.2) is 0 Å². The minimum absolute atomic E-state index is 0.115. The van der Waals surface area contributed by atoms with Crippen molar-refractivity contribution in [3.8, 4) is 0 Å². The highest BCUT2D eigenvalue weighted by Gasteiger charge is 2.40. The lowest BCUT2D eigenvalue weighted by Gasteiger charge is -2.24. The average molecular weight is 325 g/mol. The summed E-state index contributed by atoms with van der Waals surface area (Å²) in [5.41, 5.74) is 0. The summed E-state index contributed by atoms with van der Waals surface area (Å²) in [5.74, 6) is -0.867. The van der Waals surface area contributed by atoms with Gasteiger partial charge in [0.05, 0.1) is 0 Å². The molecule has 1 fully saturated rings. The van der Waals surface area contributed by atoms with Gasteiger partial charge in [0.2, 0.25) is 5.91 Å². The van der Waals surface area contributed by atoms with E-state index < -0.39 is 12.0 Å². The molecule has 0 radical (unpaired) electrons. The summed E-state index contributed by atoms with van der Waals surface area (Å²) in [5, 5.41) is 9.46. The normalized spacial score (nSPS) is 23.0. The topological polar surface area (TPSA) is 57.6 Å². The van der Waals surface area contributed by atoms with Gasteiger partial charge >= 0.3 is 5.97 Å². The fraction of sp³-hybridized carbons (Fsp3) is 0.467. The van der Waals surface area contributed by atoms with Gasteiger partial charge in [0.1, 0.15) is 6.04 Å². The van der Waals surface area contributed by atoms with E-state index in [1.165, 1.54) is 4.90 Å². The van der Waals surface area contributed by atoms with E-state index in [2.05, 4.69) is 12.6 Å². The van der Waals surface area contributed by atoms with Crippen LogP contribution in [0.4, 0.5) is 0 Å². The number of thiol groups is 1. The monoisotopic (exact) mass is 325 g/mol. The van der Waals surface area contributed by atoms with Crippen molar-refractivity contribution in [1.29, 1.82) is 0 Å². The van der Waals surface area contributed by atoms with Crippen LogP contribution in [0.3, 0.4) is 0 Å². The van der Waals surface area contributed by atoms with Crippen molar-refractivity contribution in [3.05, 3.63) is 30.3 Å². The maximum Gasteiger partial charge on any atom is 0.326 e. The molecule has 2 unspecified atom stereocenters. The van der Waals surface area contributed by atoms with Crippen molar-refractivity contribution < 1.29 is 14.7 Å². The summed E-state index contributed by atoms with van der Waals surface area (Å²) >= 11 is 5.77. The Hall–Kier alpha value is -1.14. The lowest BCUT2D eigenvalue weighted by Crippen LogP contribution is -2.43. The lowest BCUT2D eigenvalue weighted by atomic mass is 10.1. The number of amides is 1. The lowest BCUT2D eigenvalue weighted by molar-refractivity contribution is -0.149. The molecule has 0 spiro atoms. The molecule has 1 aromatic rings. The van der Waals surface area contributed by atoms with Crippen molar-refractivity contribution in [2.24, 2.45) is 5.92 Å². The first-order chi connectivity index (χ1) is 10.0. The van der Waals surface area contributed by atoms with E-state index in [4.69, 9.17) is 0 Å². The standard InChI is InChI=1S/C15H19NO3S2/c1-10(9-20)14(17)16-8-12(7-13(16)15(18)19)21-11-5-3-2-4-6-11/h2-6,10,12-13,20H,7-9H2,1H3,(H,18,19)/t10?,12?,13-/m0/s1. The minimum Gasteiger partial charge on any atom is -0.480 e. The van der Waals surface area contributed by atoms with Crippen molar-refractivity contribution in [1.82, 2.24) is 4.90 Å². The highest BCUT2D eigenvalue weighted by molar-refractivity contribution is 8.00. The summed E-state index contributed by atoms with van der Waals surface area (Å²) in [7, 11) is 0. The number of carbonyl (C=O) groups excluding carboxylic acids is 1. The molecule has 1 saturated heterocycles. The van der Waals surface area contributed by atoms with Crippen LogP contribution in [0.2, 0.25) is 0 Å². The number of carbonyl (C=O) groups is 2. The third-order valence-corrected chi connectivity index (χ3v) is 5.34. The van der Waals surface area contributed by atoms with E-state index in [0.717, 1.165) is 4.90 Å². The Bertz CT molecular complexity index is 509. The van der Waals surface area contributed by atoms with E-state index in [1.54, 1.807) is 18.7 Å². The Morgan fingerprint density at radius 2 is 2.10 bits per heavy atom. The molecule has 3 atom stereocenters. The van der Waals surface area contributed by atoms with Gasteiger partial charge in [0, 0.05) is 28.4 Å². The van der Waals surface area contributed by atoms with Gasteiger partial charge in [-0.1, -0.05) is 25.1 Å². The first kappa shape index (κ1) is 16.2. The van der Waals surface area contributed by atoms with Gasteiger partial charge in [-0.2, -0.15) is 12.6 Å². The number of hydrogen-bond acceptors (Lipinski definition) is 4. The molecule has 21 heavy (non-hydrogen) atoms. The second kappa shape index (κ2) is 7.22. The van der Waals surface area contributed by atoms with Crippen LogP contribution in [0.1, 0.15) is 13.3 Å². The van der Waals surface area contributed by atoms with Crippen LogP contribution in [-0.4, -0.2) is 45.5 Å². The van der Waals surface area contributed by atoms with Crippen LogP contribution in [0.25, 0.3) is 0 Å². The first-order valence-electron chi connectivity index (χ1n) is 6.88. The van der Waals surface area contributed by atoms with Crippen LogP contribution in [-0.2, 0) is 9.59 Å². The Balaban J connectivity index is 2.08. The maximum absolute atomic E-state index is 12.3. The highest BCUT2D eigenvalue weighted by Crippen LogP contribution is 2.33. The molecule has 1 N–H and O–H groups in total. The van der Waals surface area contributed by atoms with Crippen molar-refractivity contribution in [2.75, 3.05) is 12.3 Å². The number of hydrogen-bond donors (Lipinski definition) is 2. The Morgan fingerprint density at radius 3 is 2.67 bits per heavy atom. The predicted molar refractivity (Wildman–Crippen MR) is 86.9 cm³/mol. The molecule has 1 heterocycles. The fourth-order valence-electron chi connectivity index (χ4n) is 2.41. The highest BCUT2D eigenvalue weighted by atomic mass is 32.2. The Labute approximate surface area is 134 Å². The molecule has 1 aliphatic rings. The molecular weight excluding hydrogens is 306 g/mol. The number of carboxylic acid groups (broad SMARTS) is 1. The number of thioether (sulfide) groups is 1. The average Bonchev–Trinajstić information content (AvgIpc) is 2.90. The number of likely N-dealkylation sites (tertiary alicyclic amines) is 1. The summed E-state index contributed by atoms with van der Waals surface area (Å²) in [6.07, 6.45) is 0.486. The van der Waals surface area contributed by atoms with Gasteiger partial charge in [0.25, 0.3) is 0 Å². The van der Waals surface area contributed by atoms with Gasteiger partial charge in [-0.25, -0.2) is 4.79 Å². The van der Waals surface area contributed by atoms with Crippen molar-refractivity contribution >= 4 is 36.3 Å². The second-order valence-corrected chi connectivity index (χ2v) is 6.96. The predicted octanol–water partition coefficient (Wildman–Crippen LogP) is 2.40. The van der Waals surface area contributed by atoms with Gasteiger partial charge < -0.3 is 10.0 Å². The summed E-state index contributed by atoms with van der Waals surface area (Å²) < 4.78 is 0. The second-order valence-electron chi connectivity index (χ2n) is 5.22. The van der Waals surface area contributed by atoms with Crippen LogP contribution in [0.15, 0.2) is 35.2 Å². The molecule has 4 nitrogen and oxygen atoms in total. The summed E-state index contributed by atoms with van der Waals surface area (Å²) in [4.78, 5) is 26.3. The fourth-order valence-corrected chi connectivity index (χ4v) is 3.78. The molecule has 0 saturated carbocycles. The molecule has 2 rings (SSSR count). The Morgan fingerprint density at radius 1 is 1.43 bits per heavy atom. The van der Waals surface area contributed by atoms with Crippen LogP contribution in [0.5, 0.6) is 0 Å². The van der Waals surface area contributed by atoms with Crippen LogP contribution >= 0.6 is 24.4 Å². The van der Waals surface area contributed by atoms with Crippen LogP contribution in [0, 0.1) is 5.92 Å². The van der Waals surface area contributed by atoms with E-state index in [9.17, 15) is 14.7 Å². The number of aliphatic carboxylic acids is 1. The molecule has 114 valence electrons. The zero-order chi connectivity index (χ0) is 15.4. The zero-order valence-electron chi connectivity index (χ0n) is 11.8. The molecule has 0 aliphatic carbocycles. The zero-order valence-corrected chi connectivity index (χ0v) is 13.5. The molecular formula is C15H19NO3S2. The third-order valence-electron chi connectivity index (χ3n) is 3.57. The van der Waals surface area contributed by atoms with Crippen molar-refractivity contribution in [2.45, 2.75) is 29.5 Å². The summed E-state index contributed by atoms with van der Waals surface area (Å²) in [6, 6.07) is 9.14. The van der Waals surface area contributed by atoms with Gasteiger partial charge in [-0.15, -0.1) is 11.8 Å². The van der Waals surface area contributed by atoms with Gasteiger partial charge in [-0.3, -0.25) is 4.79 Å². The number of benzene rings is 1. The van der Waals surface area contributed by atoms with E-state index in [-0.39, 0.29) is 17.1 Å². The maximum atomic E-state index is 12.3.